The van der Waals surface area contributed by atoms with Gasteiger partial charge in [0, 0.05) is 48.7 Å². The van der Waals surface area contributed by atoms with E-state index in [1.54, 1.807) is 0 Å². The third-order valence-electron chi connectivity index (χ3n) is 5.19. The lowest BCUT2D eigenvalue weighted by atomic mass is 9.91. The Hall–Kier alpha value is -2.55. The summed E-state index contributed by atoms with van der Waals surface area (Å²) in [5, 5.41) is 10.9. The number of anilines is 1. The molecule has 1 atom stereocenters. The second-order valence-corrected chi connectivity index (χ2v) is 7.31. The number of guanidine groups is 1. The second kappa shape index (κ2) is 10.5. The molecule has 2 heterocycles. The van der Waals surface area contributed by atoms with Gasteiger partial charge in [0.05, 0.1) is 6.54 Å². The van der Waals surface area contributed by atoms with Crippen molar-refractivity contribution in [2.24, 2.45) is 4.99 Å². The lowest BCUT2D eigenvalue weighted by Gasteiger charge is -2.24. The Labute approximate surface area is 194 Å². The van der Waals surface area contributed by atoms with Crippen LogP contribution in [0.1, 0.15) is 30.5 Å². The van der Waals surface area contributed by atoms with Crippen LogP contribution >= 0.6 is 24.0 Å². The van der Waals surface area contributed by atoms with Crippen LogP contribution in [0.4, 0.5) is 5.69 Å². The van der Waals surface area contributed by atoms with E-state index in [1.807, 2.05) is 24.3 Å². The van der Waals surface area contributed by atoms with Gasteiger partial charge in [-0.25, -0.2) is 0 Å². The SMILES string of the molecule is CCNC(=NCC1CC(=O)Nc2ccccc21)NCCc1cc2ccccc2[nH]1.I. The average molecular weight is 517 g/mol. The third kappa shape index (κ3) is 5.33. The van der Waals surface area contributed by atoms with Gasteiger partial charge >= 0.3 is 0 Å². The first-order valence-electron chi connectivity index (χ1n) is 10.2. The summed E-state index contributed by atoms with van der Waals surface area (Å²) in [4.78, 5) is 20.2. The average Bonchev–Trinajstić information content (AvgIpc) is 3.14. The zero-order valence-corrected chi connectivity index (χ0v) is 19.4. The standard InChI is InChI=1S/C23H27N5O.HI/c1-2-24-23(25-12-11-18-13-16-7-3-5-9-20(16)27-18)26-15-17-14-22(29)28-21-10-6-4-8-19(17)21;/h3-10,13,17,27H,2,11-12,14-15H2,1H3,(H,28,29)(H2,24,25,26);1H. The van der Waals surface area contributed by atoms with Crippen molar-refractivity contribution >= 4 is 52.4 Å². The first-order chi connectivity index (χ1) is 14.2. The molecular weight excluding hydrogens is 489 g/mol. The molecule has 0 bridgehead atoms. The maximum atomic E-state index is 12.0. The monoisotopic (exact) mass is 517 g/mol. The van der Waals surface area contributed by atoms with Crippen molar-refractivity contribution in [3.05, 3.63) is 65.9 Å². The van der Waals surface area contributed by atoms with E-state index in [9.17, 15) is 4.79 Å². The number of carbonyl (C=O) groups excluding carboxylic acids is 1. The van der Waals surface area contributed by atoms with Crippen LogP contribution in [0.15, 0.2) is 59.6 Å². The van der Waals surface area contributed by atoms with Gasteiger partial charge in [-0.3, -0.25) is 9.79 Å². The van der Waals surface area contributed by atoms with Crippen molar-refractivity contribution in [3.63, 3.8) is 0 Å². The Balaban J connectivity index is 0.00000256. The van der Waals surface area contributed by atoms with E-state index in [-0.39, 0.29) is 35.8 Å². The van der Waals surface area contributed by atoms with E-state index < -0.39 is 0 Å². The molecule has 7 heteroatoms. The Kier molecular flexibility index (Phi) is 7.73. The number of aliphatic imine (C=N–C) groups is 1. The van der Waals surface area contributed by atoms with Crippen LogP contribution in [-0.2, 0) is 11.2 Å². The van der Waals surface area contributed by atoms with Gasteiger partial charge in [-0.2, -0.15) is 0 Å². The Morgan fingerprint density at radius 2 is 1.93 bits per heavy atom. The molecule has 30 heavy (non-hydrogen) atoms. The van der Waals surface area contributed by atoms with Crippen LogP contribution in [0.3, 0.4) is 0 Å². The number of hydrogen-bond acceptors (Lipinski definition) is 2. The Morgan fingerprint density at radius 3 is 2.77 bits per heavy atom. The molecule has 0 fully saturated rings. The number of hydrogen-bond donors (Lipinski definition) is 4. The molecule has 1 unspecified atom stereocenters. The fourth-order valence-electron chi connectivity index (χ4n) is 3.79. The van der Waals surface area contributed by atoms with Crippen LogP contribution in [0.5, 0.6) is 0 Å². The molecule has 0 aliphatic carbocycles. The molecule has 0 saturated carbocycles. The second-order valence-electron chi connectivity index (χ2n) is 7.31. The van der Waals surface area contributed by atoms with Gasteiger partial charge in [0.25, 0.3) is 0 Å². The largest absolute Gasteiger partial charge is 0.358 e. The maximum absolute atomic E-state index is 12.0. The minimum Gasteiger partial charge on any atom is -0.358 e. The molecule has 6 nitrogen and oxygen atoms in total. The molecule has 1 amide bonds. The minimum absolute atomic E-state index is 0. The van der Waals surface area contributed by atoms with Gasteiger partial charge in [0.1, 0.15) is 0 Å². The fourth-order valence-corrected chi connectivity index (χ4v) is 3.79. The number of para-hydroxylation sites is 2. The van der Waals surface area contributed by atoms with E-state index in [0.29, 0.717) is 13.0 Å². The molecule has 4 N–H and O–H groups in total. The molecular formula is C23H28IN5O. The Bertz CT molecular complexity index is 996. The van der Waals surface area contributed by atoms with Gasteiger partial charge in [0.15, 0.2) is 5.96 Å². The zero-order valence-electron chi connectivity index (χ0n) is 17.1. The van der Waals surface area contributed by atoms with E-state index >= 15 is 0 Å². The van der Waals surface area contributed by atoms with Crippen molar-refractivity contribution in [2.75, 3.05) is 25.0 Å². The third-order valence-corrected chi connectivity index (χ3v) is 5.19. The van der Waals surface area contributed by atoms with Gasteiger partial charge in [-0.05, 0) is 36.1 Å². The predicted octanol–water partition coefficient (Wildman–Crippen LogP) is 4.01. The van der Waals surface area contributed by atoms with Gasteiger partial charge < -0.3 is 20.9 Å². The number of nitrogens with zero attached hydrogens (tertiary/aromatic N) is 1. The highest BCUT2D eigenvalue weighted by atomic mass is 127. The van der Waals surface area contributed by atoms with Crippen LogP contribution in [0.2, 0.25) is 0 Å². The van der Waals surface area contributed by atoms with Crippen molar-refractivity contribution in [1.29, 1.82) is 0 Å². The normalized spacial score (nSPS) is 15.8. The first-order valence-corrected chi connectivity index (χ1v) is 10.2. The van der Waals surface area contributed by atoms with Crippen LogP contribution in [0.25, 0.3) is 10.9 Å². The fraction of sp³-hybridized carbons (Fsp3) is 0.304. The van der Waals surface area contributed by atoms with E-state index in [1.165, 1.54) is 11.1 Å². The van der Waals surface area contributed by atoms with Crippen LogP contribution in [-0.4, -0.2) is 36.5 Å². The predicted molar refractivity (Wildman–Crippen MR) is 134 cm³/mol. The quantitative estimate of drug-likeness (QED) is 0.227. The number of H-pyrrole nitrogens is 1. The number of carbonyl (C=O) groups is 1. The van der Waals surface area contributed by atoms with E-state index in [2.05, 4.69) is 58.2 Å². The molecule has 158 valence electrons. The molecule has 1 aromatic heterocycles. The lowest BCUT2D eigenvalue weighted by Crippen LogP contribution is -2.39. The van der Waals surface area contributed by atoms with Crippen LogP contribution in [0, 0.1) is 0 Å². The summed E-state index contributed by atoms with van der Waals surface area (Å²) < 4.78 is 0. The number of aromatic nitrogens is 1. The number of aromatic amines is 1. The number of benzene rings is 2. The van der Waals surface area contributed by atoms with E-state index in [0.717, 1.165) is 42.2 Å². The number of amides is 1. The molecule has 2 aromatic carbocycles. The van der Waals surface area contributed by atoms with Crippen molar-refractivity contribution in [2.45, 2.75) is 25.7 Å². The summed E-state index contributed by atoms with van der Waals surface area (Å²) in [6.07, 6.45) is 1.35. The highest BCUT2D eigenvalue weighted by molar-refractivity contribution is 14.0. The number of nitrogens with one attached hydrogen (secondary N) is 4. The van der Waals surface area contributed by atoms with E-state index in [4.69, 9.17) is 4.99 Å². The molecule has 0 radical (unpaired) electrons. The van der Waals surface area contributed by atoms with Crippen molar-refractivity contribution in [3.8, 4) is 0 Å². The summed E-state index contributed by atoms with van der Waals surface area (Å²) >= 11 is 0. The maximum Gasteiger partial charge on any atom is 0.225 e. The lowest BCUT2D eigenvalue weighted by molar-refractivity contribution is -0.116. The molecule has 0 saturated heterocycles. The summed E-state index contributed by atoms with van der Waals surface area (Å²) in [5.74, 6) is 0.942. The summed E-state index contributed by atoms with van der Waals surface area (Å²) in [6.45, 7) is 4.20. The smallest absolute Gasteiger partial charge is 0.225 e. The van der Waals surface area contributed by atoms with Crippen molar-refractivity contribution < 1.29 is 4.79 Å². The first kappa shape index (κ1) is 22.1. The van der Waals surface area contributed by atoms with Gasteiger partial charge in [-0.15, -0.1) is 24.0 Å². The number of rotatable bonds is 6. The minimum atomic E-state index is 0. The molecule has 1 aliphatic rings. The molecule has 4 rings (SSSR count). The summed E-state index contributed by atoms with van der Waals surface area (Å²) in [7, 11) is 0. The zero-order chi connectivity index (χ0) is 20.1. The molecule has 0 spiro atoms. The summed E-state index contributed by atoms with van der Waals surface area (Å²) in [6, 6.07) is 18.5. The van der Waals surface area contributed by atoms with Gasteiger partial charge in [0.2, 0.25) is 5.91 Å². The highest BCUT2D eigenvalue weighted by Crippen LogP contribution is 2.31. The van der Waals surface area contributed by atoms with Gasteiger partial charge in [-0.1, -0.05) is 36.4 Å². The number of fused-ring (bicyclic) bond motifs is 2. The molecule has 1 aliphatic heterocycles. The topological polar surface area (TPSA) is 81.3 Å². The highest BCUT2D eigenvalue weighted by Gasteiger charge is 2.24. The summed E-state index contributed by atoms with van der Waals surface area (Å²) in [5.41, 5.74) is 4.43. The number of halogens is 1. The van der Waals surface area contributed by atoms with Crippen LogP contribution < -0.4 is 16.0 Å². The molecule has 3 aromatic rings. The van der Waals surface area contributed by atoms with Crippen molar-refractivity contribution in [1.82, 2.24) is 15.6 Å². The Morgan fingerprint density at radius 1 is 1.13 bits per heavy atom.